The van der Waals surface area contributed by atoms with Crippen molar-refractivity contribution in [3.63, 3.8) is 0 Å². The van der Waals surface area contributed by atoms with Crippen LogP contribution in [-0.2, 0) is 20.8 Å². The quantitative estimate of drug-likeness (QED) is 0.266. The van der Waals surface area contributed by atoms with Gasteiger partial charge in [-0.25, -0.2) is 4.09 Å². The third-order valence-electron chi connectivity index (χ3n) is 6.47. The topological polar surface area (TPSA) is 132 Å². The number of hydrogen-bond acceptors (Lipinski definition) is 7. The van der Waals surface area contributed by atoms with E-state index in [-0.39, 0.29) is 11.8 Å². The molecule has 41 heavy (non-hydrogen) atoms. The fourth-order valence-electron chi connectivity index (χ4n) is 4.05. The van der Waals surface area contributed by atoms with Crippen molar-refractivity contribution < 1.29 is 19.1 Å². The third kappa shape index (κ3) is 9.65. The molecule has 3 amide bonds. The molecule has 3 rings (SSSR count). The van der Waals surface area contributed by atoms with Crippen molar-refractivity contribution in [1.82, 2.24) is 19.4 Å². The molecule has 0 radical (unpaired) electrons. The second kappa shape index (κ2) is 14.7. The number of aryl methyl sites for hydroxylation is 1. The number of nitrogens with two attached hydrogens (primary N) is 1. The molecule has 10 nitrogen and oxygen atoms in total. The van der Waals surface area contributed by atoms with Gasteiger partial charge in [-0.15, -0.1) is 0 Å². The lowest BCUT2D eigenvalue weighted by molar-refractivity contribution is -0.130. The molecule has 0 aliphatic carbocycles. The number of carbonyl (C=O) groups is 3. The zero-order chi connectivity index (χ0) is 30.0. The van der Waals surface area contributed by atoms with Crippen LogP contribution in [0.2, 0.25) is 0 Å². The summed E-state index contributed by atoms with van der Waals surface area (Å²) in [6, 6.07) is 16.7. The highest BCUT2D eigenvalue weighted by Crippen LogP contribution is 2.26. The van der Waals surface area contributed by atoms with Crippen LogP contribution >= 0.6 is 11.9 Å². The Labute approximate surface area is 246 Å². The summed E-state index contributed by atoms with van der Waals surface area (Å²) in [5.41, 5.74) is 7.36. The number of nitrogens with zero attached hydrogens (tertiary/aromatic N) is 3. The highest BCUT2D eigenvalue weighted by atomic mass is 32.2. The van der Waals surface area contributed by atoms with E-state index in [0.717, 1.165) is 23.3 Å². The molecule has 0 spiro atoms. The number of ether oxygens (including phenoxy) is 1. The maximum absolute atomic E-state index is 13.2. The molecule has 3 aromatic rings. The lowest BCUT2D eigenvalue weighted by Crippen LogP contribution is -2.54. The van der Waals surface area contributed by atoms with Crippen LogP contribution in [0.15, 0.2) is 67.0 Å². The molecule has 11 heteroatoms. The van der Waals surface area contributed by atoms with Crippen LogP contribution in [0.1, 0.15) is 43.7 Å². The van der Waals surface area contributed by atoms with Crippen LogP contribution in [0.3, 0.4) is 0 Å². The van der Waals surface area contributed by atoms with Gasteiger partial charge in [0.1, 0.15) is 11.8 Å². The van der Waals surface area contributed by atoms with Gasteiger partial charge in [-0.2, -0.15) is 5.10 Å². The minimum absolute atomic E-state index is 0.0275. The van der Waals surface area contributed by atoms with Gasteiger partial charge in [-0.3, -0.25) is 14.4 Å². The van der Waals surface area contributed by atoms with Crippen LogP contribution in [-0.4, -0.2) is 70.3 Å². The second-order valence-corrected chi connectivity index (χ2v) is 11.6. The van der Waals surface area contributed by atoms with E-state index in [0.29, 0.717) is 24.3 Å². The van der Waals surface area contributed by atoms with Crippen LogP contribution in [0.4, 0.5) is 5.69 Å². The lowest BCUT2D eigenvalue weighted by atomic mass is 10.00. The molecule has 1 aromatic heterocycles. The first-order chi connectivity index (χ1) is 19.5. The van der Waals surface area contributed by atoms with Crippen molar-refractivity contribution in [2.24, 2.45) is 5.73 Å². The van der Waals surface area contributed by atoms with Crippen LogP contribution in [0.25, 0.3) is 0 Å². The number of nitrogens with one attached hydrogen (secondary N) is 2. The molecule has 220 valence electrons. The molecule has 2 aromatic carbocycles. The minimum atomic E-state index is -1.12. The van der Waals surface area contributed by atoms with Gasteiger partial charge in [0.15, 0.2) is 0 Å². The van der Waals surface area contributed by atoms with Gasteiger partial charge in [0, 0.05) is 19.8 Å². The fraction of sp³-hybridized carbons (Fsp3) is 0.400. The van der Waals surface area contributed by atoms with E-state index < -0.39 is 23.4 Å². The van der Waals surface area contributed by atoms with Crippen LogP contribution in [0.5, 0.6) is 5.75 Å². The van der Waals surface area contributed by atoms with E-state index in [1.807, 2.05) is 54.6 Å². The molecule has 0 saturated carbocycles. The fourth-order valence-corrected chi connectivity index (χ4v) is 4.98. The summed E-state index contributed by atoms with van der Waals surface area (Å²) in [6.07, 6.45) is 5.15. The molecule has 0 fully saturated rings. The molecule has 0 aliphatic rings. The number of methoxy groups -OCH3 is 1. The van der Waals surface area contributed by atoms with Gasteiger partial charge < -0.3 is 26.0 Å². The van der Waals surface area contributed by atoms with E-state index >= 15 is 0 Å². The first kappa shape index (κ1) is 31.7. The number of rotatable bonds is 14. The third-order valence-corrected chi connectivity index (χ3v) is 7.41. The zero-order valence-corrected chi connectivity index (χ0v) is 25.1. The average Bonchev–Trinajstić information content (AvgIpc) is 3.39. The van der Waals surface area contributed by atoms with Gasteiger partial charge in [0.25, 0.3) is 0 Å². The highest BCUT2D eigenvalue weighted by Gasteiger charge is 2.28. The van der Waals surface area contributed by atoms with Gasteiger partial charge in [0.2, 0.25) is 17.7 Å². The largest absolute Gasteiger partial charge is 0.497 e. The summed E-state index contributed by atoms with van der Waals surface area (Å²) < 4.78 is 6.85. The zero-order valence-electron chi connectivity index (χ0n) is 24.3. The minimum Gasteiger partial charge on any atom is -0.497 e. The Balaban J connectivity index is 1.65. The Morgan fingerprint density at radius 3 is 2.39 bits per heavy atom. The molecule has 0 bridgehead atoms. The smallest absolute Gasteiger partial charge is 0.247 e. The summed E-state index contributed by atoms with van der Waals surface area (Å²) in [5, 5.41) is 10.0. The second-order valence-electron chi connectivity index (χ2n) is 10.6. The Bertz CT molecular complexity index is 1290. The highest BCUT2D eigenvalue weighted by molar-refractivity contribution is 7.97. The van der Waals surface area contributed by atoms with E-state index in [9.17, 15) is 14.4 Å². The van der Waals surface area contributed by atoms with Crippen LogP contribution < -0.4 is 21.1 Å². The SMILES string of the molecule is COc1ccc(C(CSn2cc(NC(=O)[C@@H](CCCc3ccccc3)NC(=O)C(C)(C)N)cn2)C(=O)N(C)C)cc1. The summed E-state index contributed by atoms with van der Waals surface area (Å²) in [4.78, 5) is 40.3. The number of aromatic nitrogens is 2. The Morgan fingerprint density at radius 1 is 1.10 bits per heavy atom. The Kier molecular flexibility index (Phi) is 11.4. The maximum atomic E-state index is 13.2. The number of anilines is 1. The van der Waals surface area contributed by atoms with Gasteiger partial charge in [-0.05, 0) is 68.3 Å². The Hall–Kier alpha value is -3.83. The normalized spacial score (nSPS) is 12.7. The Morgan fingerprint density at radius 2 is 1.78 bits per heavy atom. The monoisotopic (exact) mass is 580 g/mol. The standard InChI is InChI=1S/C30H40N6O4S/c1-30(2,31)29(39)34-26(13-9-12-21-10-7-6-8-11-21)27(37)33-23-18-32-36(19-23)41-20-25(28(38)35(3)4)22-14-16-24(40-5)17-15-22/h6-8,10-11,14-19,25-26H,9,12-13,20,31H2,1-5H3,(H,33,37)(H,34,39)/t25?,26-/m1/s1. The number of benzene rings is 2. The predicted molar refractivity (Wildman–Crippen MR) is 163 cm³/mol. The van der Waals surface area contributed by atoms with Crippen molar-refractivity contribution in [2.75, 3.05) is 32.3 Å². The summed E-state index contributed by atoms with van der Waals surface area (Å²) in [7, 11) is 5.05. The first-order valence-corrected chi connectivity index (χ1v) is 14.4. The molecule has 1 unspecified atom stereocenters. The summed E-state index contributed by atoms with van der Waals surface area (Å²) >= 11 is 1.35. The molecule has 0 aliphatic heterocycles. The number of carbonyl (C=O) groups excluding carboxylic acids is 3. The summed E-state index contributed by atoms with van der Waals surface area (Å²) in [6.45, 7) is 3.20. The van der Waals surface area contributed by atoms with Gasteiger partial charge >= 0.3 is 0 Å². The molecule has 0 saturated heterocycles. The molecular formula is C30H40N6O4S. The van der Waals surface area contributed by atoms with E-state index in [1.54, 1.807) is 50.2 Å². The van der Waals surface area contributed by atoms with Crippen molar-refractivity contribution in [1.29, 1.82) is 0 Å². The number of hydrogen-bond donors (Lipinski definition) is 3. The van der Waals surface area contributed by atoms with Gasteiger partial charge in [0.05, 0.1) is 36.6 Å². The number of amides is 3. The van der Waals surface area contributed by atoms with Crippen molar-refractivity contribution >= 4 is 35.4 Å². The molecule has 1 heterocycles. The molecular weight excluding hydrogens is 540 g/mol. The van der Waals surface area contributed by atoms with E-state index in [4.69, 9.17) is 10.5 Å². The average molecular weight is 581 g/mol. The summed E-state index contributed by atoms with van der Waals surface area (Å²) in [5.74, 6) is -0.0260. The number of likely N-dealkylation sites (N-methyl/N-ethyl adjacent to an activating group) is 1. The van der Waals surface area contributed by atoms with Crippen molar-refractivity contribution in [3.8, 4) is 5.75 Å². The van der Waals surface area contributed by atoms with Crippen LogP contribution in [0, 0.1) is 0 Å². The van der Waals surface area contributed by atoms with Crippen molar-refractivity contribution in [3.05, 3.63) is 78.1 Å². The van der Waals surface area contributed by atoms with E-state index in [1.165, 1.54) is 18.1 Å². The predicted octanol–water partition coefficient (Wildman–Crippen LogP) is 3.44. The van der Waals surface area contributed by atoms with E-state index in [2.05, 4.69) is 15.7 Å². The molecule has 4 N–H and O–H groups in total. The van der Waals surface area contributed by atoms with Gasteiger partial charge in [-0.1, -0.05) is 42.5 Å². The van der Waals surface area contributed by atoms with Crippen molar-refractivity contribution in [2.45, 2.75) is 50.6 Å². The molecule has 2 atom stereocenters. The maximum Gasteiger partial charge on any atom is 0.247 e. The first-order valence-electron chi connectivity index (χ1n) is 13.5. The lowest BCUT2D eigenvalue weighted by Gasteiger charge is -2.23.